The number of hydrogen-bond acceptors (Lipinski definition) is 2. The van der Waals surface area contributed by atoms with Crippen LogP contribution in [0.4, 0.5) is 0 Å². The van der Waals surface area contributed by atoms with Crippen molar-refractivity contribution in [3.8, 4) is 0 Å². The van der Waals surface area contributed by atoms with Crippen LogP contribution in [0.15, 0.2) is 18.3 Å². The lowest BCUT2D eigenvalue weighted by Gasteiger charge is -2.24. The van der Waals surface area contributed by atoms with Gasteiger partial charge in [-0.25, -0.2) is 4.79 Å². The van der Waals surface area contributed by atoms with Crippen LogP contribution < -0.4 is 0 Å². The van der Waals surface area contributed by atoms with Gasteiger partial charge in [0.25, 0.3) is 0 Å². The smallest absolute Gasteiger partial charge is 0.329 e. The molecule has 0 bridgehead atoms. The number of esters is 1. The zero-order valence-electron chi connectivity index (χ0n) is 10.7. The molecule has 3 nitrogen and oxygen atoms in total. The molecule has 0 aromatic carbocycles. The van der Waals surface area contributed by atoms with Crippen LogP contribution >= 0.6 is 0 Å². The molecule has 90 valence electrons. The summed E-state index contributed by atoms with van der Waals surface area (Å²) in [7, 11) is 1.44. The first-order valence-corrected chi connectivity index (χ1v) is 5.73. The maximum atomic E-state index is 11.8. The van der Waals surface area contributed by atoms with Crippen molar-refractivity contribution in [2.75, 3.05) is 7.11 Å². The van der Waals surface area contributed by atoms with Gasteiger partial charge in [-0.2, -0.15) is 0 Å². The highest BCUT2D eigenvalue weighted by atomic mass is 16.5. The number of aromatic nitrogens is 1. The van der Waals surface area contributed by atoms with Crippen molar-refractivity contribution in [1.82, 2.24) is 4.57 Å². The quantitative estimate of drug-likeness (QED) is 0.735. The molecular formula is C13H21NO2. The van der Waals surface area contributed by atoms with Crippen molar-refractivity contribution >= 4 is 5.97 Å². The second kappa shape index (κ2) is 5.19. The highest BCUT2D eigenvalue weighted by Crippen LogP contribution is 2.25. The summed E-state index contributed by atoms with van der Waals surface area (Å²) in [6.45, 7) is 8.32. The Labute approximate surface area is 97.4 Å². The van der Waals surface area contributed by atoms with Gasteiger partial charge in [0.2, 0.25) is 0 Å². The molecule has 0 N–H and O–H groups in total. The Morgan fingerprint density at radius 3 is 2.38 bits per heavy atom. The van der Waals surface area contributed by atoms with Gasteiger partial charge in [-0.15, -0.1) is 0 Å². The first-order valence-electron chi connectivity index (χ1n) is 5.73. The molecule has 1 rings (SSSR count). The maximum Gasteiger partial charge on any atom is 0.329 e. The molecule has 0 unspecified atom stereocenters. The number of carbonyl (C=O) groups is 1. The van der Waals surface area contributed by atoms with E-state index in [1.807, 2.05) is 30.7 Å². The van der Waals surface area contributed by atoms with Crippen LogP contribution in [0.1, 0.15) is 45.3 Å². The Morgan fingerprint density at radius 1 is 1.31 bits per heavy atom. The predicted octanol–water partition coefficient (Wildman–Crippen LogP) is 2.98. The van der Waals surface area contributed by atoms with Gasteiger partial charge in [0, 0.05) is 11.9 Å². The van der Waals surface area contributed by atoms with E-state index in [1.165, 1.54) is 12.8 Å². The minimum atomic E-state index is -0.225. The first kappa shape index (κ1) is 12.8. The van der Waals surface area contributed by atoms with E-state index in [1.54, 1.807) is 0 Å². The largest absolute Gasteiger partial charge is 0.467 e. The predicted molar refractivity (Wildman–Crippen MR) is 64.4 cm³/mol. The van der Waals surface area contributed by atoms with Crippen LogP contribution in [0.3, 0.4) is 0 Å². The molecule has 0 fully saturated rings. The van der Waals surface area contributed by atoms with E-state index in [9.17, 15) is 4.79 Å². The summed E-state index contributed by atoms with van der Waals surface area (Å²) in [6, 6.07) is 3.81. The summed E-state index contributed by atoms with van der Waals surface area (Å²) in [6.07, 6.45) is 1.96. The van der Waals surface area contributed by atoms with Crippen LogP contribution in [0.25, 0.3) is 0 Å². The molecule has 3 heteroatoms. The average Bonchev–Trinajstić information content (AvgIpc) is 2.66. The van der Waals surface area contributed by atoms with Crippen LogP contribution in [0.2, 0.25) is 0 Å². The highest BCUT2D eigenvalue weighted by Gasteiger charge is 2.26. The fraction of sp³-hybridized carbons (Fsp3) is 0.615. The van der Waals surface area contributed by atoms with Crippen LogP contribution in [0, 0.1) is 5.92 Å². The Hall–Kier alpha value is -1.25. The van der Waals surface area contributed by atoms with Crippen molar-refractivity contribution in [2.24, 2.45) is 5.92 Å². The van der Waals surface area contributed by atoms with Gasteiger partial charge < -0.3 is 9.30 Å². The molecule has 0 spiro atoms. The molecule has 0 saturated heterocycles. The average molecular weight is 223 g/mol. The monoisotopic (exact) mass is 223 g/mol. The van der Waals surface area contributed by atoms with Gasteiger partial charge >= 0.3 is 5.97 Å². The van der Waals surface area contributed by atoms with Gasteiger partial charge in [-0.3, -0.25) is 0 Å². The third-order valence-electron chi connectivity index (χ3n) is 2.78. The van der Waals surface area contributed by atoms with Gasteiger partial charge in [0.15, 0.2) is 0 Å². The fourth-order valence-corrected chi connectivity index (χ4v) is 1.98. The van der Waals surface area contributed by atoms with E-state index in [0.717, 1.165) is 0 Å². The van der Waals surface area contributed by atoms with Crippen molar-refractivity contribution in [1.29, 1.82) is 0 Å². The Bertz CT molecular complexity index is 353. The summed E-state index contributed by atoms with van der Waals surface area (Å²) >= 11 is 0. The maximum absolute atomic E-state index is 11.8. The summed E-state index contributed by atoms with van der Waals surface area (Å²) < 4.78 is 6.90. The second-order valence-electron chi connectivity index (χ2n) is 4.71. The molecule has 1 atom stereocenters. The standard InChI is InChI=1S/C13H21NO2/c1-9(2)11-7-6-8-14(11)12(10(3)4)13(15)16-5/h6-10,12H,1-5H3/t12-/m0/s1. The lowest BCUT2D eigenvalue weighted by molar-refractivity contribution is -0.146. The summed E-state index contributed by atoms with van der Waals surface area (Å²) in [5, 5.41) is 0. The van der Waals surface area contributed by atoms with Crippen LogP contribution in [0.5, 0.6) is 0 Å². The minimum Gasteiger partial charge on any atom is -0.467 e. The number of hydrogen-bond donors (Lipinski definition) is 0. The number of methoxy groups -OCH3 is 1. The van der Waals surface area contributed by atoms with Gasteiger partial charge in [-0.05, 0) is 24.0 Å². The van der Waals surface area contributed by atoms with Gasteiger partial charge in [0.1, 0.15) is 6.04 Å². The van der Waals surface area contributed by atoms with Gasteiger partial charge in [-0.1, -0.05) is 27.7 Å². The zero-order valence-corrected chi connectivity index (χ0v) is 10.7. The van der Waals surface area contributed by atoms with Crippen LogP contribution in [-0.4, -0.2) is 17.6 Å². The molecule has 1 heterocycles. The molecule has 1 aromatic heterocycles. The summed E-state index contributed by atoms with van der Waals surface area (Å²) in [5.74, 6) is 0.450. The molecule has 0 amide bonds. The van der Waals surface area contributed by atoms with E-state index in [0.29, 0.717) is 5.92 Å². The van der Waals surface area contributed by atoms with Crippen molar-refractivity contribution in [3.63, 3.8) is 0 Å². The third kappa shape index (κ3) is 2.46. The second-order valence-corrected chi connectivity index (χ2v) is 4.71. The lowest BCUT2D eigenvalue weighted by atomic mass is 10.0. The Kier molecular flexibility index (Phi) is 4.16. The van der Waals surface area contributed by atoms with E-state index in [2.05, 4.69) is 19.9 Å². The summed E-state index contributed by atoms with van der Waals surface area (Å²) in [4.78, 5) is 11.8. The zero-order chi connectivity index (χ0) is 12.3. The van der Waals surface area contributed by atoms with E-state index >= 15 is 0 Å². The molecule has 1 aromatic rings. The van der Waals surface area contributed by atoms with Crippen molar-refractivity contribution < 1.29 is 9.53 Å². The molecular weight excluding hydrogens is 202 g/mol. The molecule has 0 radical (unpaired) electrons. The minimum absolute atomic E-state index is 0.173. The fourth-order valence-electron chi connectivity index (χ4n) is 1.98. The third-order valence-corrected chi connectivity index (χ3v) is 2.78. The highest BCUT2D eigenvalue weighted by molar-refractivity contribution is 5.74. The Balaban J connectivity index is 3.11. The summed E-state index contributed by atoms with van der Waals surface area (Å²) in [5.41, 5.74) is 1.17. The SMILES string of the molecule is COC(=O)[C@H](C(C)C)n1cccc1C(C)C. The lowest BCUT2D eigenvalue weighted by Crippen LogP contribution is -2.26. The molecule has 0 aliphatic heterocycles. The number of nitrogens with zero attached hydrogens (tertiary/aromatic N) is 1. The van der Waals surface area contributed by atoms with Gasteiger partial charge in [0.05, 0.1) is 7.11 Å². The first-order chi connectivity index (χ1) is 7.49. The normalized spacial score (nSPS) is 13.2. The molecule has 16 heavy (non-hydrogen) atoms. The van der Waals surface area contributed by atoms with Crippen LogP contribution in [-0.2, 0) is 9.53 Å². The number of rotatable bonds is 4. The molecule has 0 saturated carbocycles. The van der Waals surface area contributed by atoms with E-state index in [4.69, 9.17) is 4.74 Å². The van der Waals surface area contributed by atoms with Crippen molar-refractivity contribution in [3.05, 3.63) is 24.0 Å². The molecule has 0 aliphatic rings. The van der Waals surface area contributed by atoms with E-state index < -0.39 is 0 Å². The number of carbonyl (C=O) groups excluding carboxylic acids is 1. The number of ether oxygens (including phenoxy) is 1. The molecule has 0 aliphatic carbocycles. The van der Waals surface area contributed by atoms with Crippen molar-refractivity contribution in [2.45, 2.75) is 39.7 Å². The Morgan fingerprint density at radius 2 is 1.94 bits per heavy atom. The topological polar surface area (TPSA) is 31.2 Å². The van der Waals surface area contributed by atoms with E-state index in [-0.39, 0.29) is 17.9 Å².